The molecule has 0 radical (unpaired) electrons. The lowest BCUT2D eigenvalue weighted by molar-refractivity contribution is 0.0394. The van der Waals surface area contributed by atoms with Crippen LogP contribution in [0.5, 0.6) is 11.5 Å². The van der Waals surface area contributed by atoms with Crippen molar-refractivity contribution >= 4 is 24.2 Å². The zero-order valence-corrected chi connectivity index (χ0v) is 14.2. The van der Waals surface area contributed by atoms with Gasteiger partial charge in [-0.1, -0.05) is 24.3 Å². The van der Waals surface area contributed by atoms with Gasteiger partial charge in [-0.3, -0.25) is 0 Å². The molecular weight excluding hydrogens is 360 g/mol. The van der Waals surface area contributed by atoms with E-state index in [2.05, 4.69) is 9.47 Å². The lowest BCUT2D eigenvalue weighted by Gasteiger charge is -2.12. The van der Waals surface area contributed by atoms with Gasteiger partial charge in [-0.2, -0.15) is 0 Å². The summed E-state index contributed by atoms with van der Waals surface area (Å²) in [6, 6.07) is 8.39. The van der Waals surface area contributed by atoms with Crippen LogP contribution in [0.4, 0.5) is 9.59 Å². The van der Waals surface area contributed by atoms with Crippen molar-refractivity contribution in [2.75, 3.05) is 0 Å². The molecule has 0 saturated carbocycles. The first kappa shape index (κ1) is 19.4. The Balaban J connectivity index is 2.34. The number of esters is 2. The predicted molar refractivity (Wildman–Crippen MR) is 89.4 cm³/mol. The quantitative estimate of drug-likeness (QED) is 0.468. The van der Waals surface area contributed by atoms with Gasteiger partial charge < -0.3 is 24.4 Å². The van der Waals surface area contributed by atoms with Gasteiger partial charge in [0.05, 0.1) is 0 Å². The molecule has 0 spiro atoms. The molecule has 2 N–H and O–H groups in total. The molecule has 0 aromatic heterocycles. The highest BCUT2D eigenvalue weighted by Gasteiger charge is 2.24. The fourth-order valence-electron chi connectivity index (χ4n) is 2.27. The Morgan fingerprint density at radius 2 is 1.07 bits per heavy atom. The van der Waals surface area contributed by atoms with E-state index in [0.717, 1.165) is 0 Å². The van der Waals surface area contributed by atoms with Crippen LogP contribution in [0.15, 0.2) is 36.4 Å². The van der Waals surface area contributed by atoms with Crippen molar-refractivity contribution in [1.82, 2.24) is 0 Å². The molecule has 27 heavy (non-hydrogen) atoms. The summed E-state index contributed by atoms with van der Waals surface area (Å²) in [7, 11) is 0. The number of hydrogen-bond donors (Lipinski definition) is 2. The second kappa shape index (κ2) is 8.00. The molecule has 0 aliphatic heterocycles. The second-order valence-corrected chi connectivity index (χ2v) is 5.32. The highest BCUT2D eigenvalue weighted by Crippen LogP contribution is 2.27. The lowest BCUT2D eigenvalue weighted by Crippen LogP contribution is -2.17. The molecule has 0 amide bonds. The van der Waals surface area contributed by atoms with E-state index in [9.17, 15) is 19.2 Å². The normalized spacial score (nSPS) is 10.0. The molecule has 140 valence electrons. The second-order valence-electron chi connectivity index (χ2n) is 5.32. The third-order valence-electron chi connectivity index (χ3n) is 3.43. The Kier molecular flexibility index (Phi) is 5.76. The van der Waals surface area contributed by atoms with Crippen LogP contribution >= 0.6 is 0 Å². The van der Waals surface area contributed by atoms with E-state index >= 15 is 0 Å². The smallest absolute Gasteiger partial charge is 0.449 e. The fourth-order valence-corrected chi connectivity index (χ4v) is 2.27. The zero-order chi connectivity index (χ0) is 20.1. The van der Waals surface area contributed by atoms with Crippen molar-refractivity contribution < 1.29 is 43.6 Å². The molecule has 2 rings (SSSR count). The molecule has 9 nitrogen and oxygen atoms in total. The van der Waals surface area contributed by atoms with E-state index in [-0.39, 0.29) is 22.6 Å². The van der Waals surface area contributed by atoms with Crippen LogP contribution < -0.4 is 9.47 Å². The first-order valence-corrected chi connectivity index (χ1v) is 7.48. The number of rotatable bonds is 4. The van der Waals surface area contributed by atoms with Gasteiger partial charge >= 0.3 is 24.2 Å². The van der Waals surface area contributed by atoms with Crippen molar-refractivity contribution in [3.8, 4) is 11.5 Å². The van der Waals surface area contributed by atoms with Gasteiger partial charge in [-0.15, -0.1) is 0 Å². The Bertz CT molecular complexity index is 855. The van der Waals surface area contributed by atoms with Gasteiger partial charge in [0.15, 0.2) is 11.5 Å². The van der Waals surface area contributed by atoms with Gasteiger partial charge in [0, 0.05) is 0 Å². The number of aryl methyl sites for hydroxylation is 2. The molecule has 0 aliphatic rings. The number of benzene rings is 2. The molecule has 0 bridgehead atoms. The molecule has 2 aromatic rings. The maximum Gasteiger partial charge on any atom is 0.511 e. The number of para-hydroxylation sites is 2. The van der Waals surface area contributed by atoms with Crippen LogP contribution in [0.25, 0.3) is 0 Å². The highest BCUT2D eigenvalue weighted by molar-refractivity contribution is 6.05. The molecule has 0 unspecified atom stereocenters. The van der Waals surface area contributed by atoms with E-state index in [1.165, 1.54) is 50.2 Å². The maximum absolute atomic E-state index is 12.3. The molecular formula is C18H14O9. The molecule has 9 heteroatoms. The van der Waals surface area contributed by atoms with E-state index in [1.807, 2.05) is 0 Å². The summed E-state index contributed by atoms with van der Waals surface area (Å²) >= 11 is 0. The maximum atomic E-state index is 12.3. The molecule has 0 fully saturated rings. The van der Waals surface area contributed by atoms with Crippen molar-refractivity contribution in [1.29, 1.82) is 0 Å². The van der Waals surface area contributed by atoms with Crippen molar-refractivity contribution in [3.05, 3.63) is 58.7 Å². The summed E-state index contributed by atoms with van der Waals surface area (Å²) in [6.45, 7) is 3.02. The average molecular weight is 374 g/mol. The van der Waals surface area contributed by atoms with Gasteiger partial charge in [0.25, 0.3) is 0 Å². The number of carboxylic acid groups (broad SMARTS) is 2. The highest BCUT2D eigenvalue weighted by atomic mass is 16.7. The van der Waals surface area contributed by atoms with Crippen LogP contribution in [-0.2, 0) is 4.74 Å². The van der Waals surface area contributed by atoms with Crippen LogP contribution in [0.3, 0.4) is 0 Å². The van der Waals surface area contributed by atoms with E-state index in [4.69, 9.17) is 14.9 Å². The largest absolute Gasteiger partial charge is 0.511 e. The Hall–Kier alpha value is -3.88. The summed E-state index contributed by atoms with van der Waals surface area (Å²) in [5, 5.41) is 17.6. The minimum absolute atomic E-state index is 0.269. The van der Waals surface area contributed by atoms with Crippen molar-refractivity contribution in [3.63, 3.8) is 0 Å². The van der Waals surface area contributed by atoms with Gasteiger partial charge in [0.1, 0.15) is 11.1 Å². The van der Waals surface area contributed by atoms with E-state index < -0.39 is 24.2 Å². The molecule has 0 aliphatic carbocycles. The third-order valence-corrected chi connectivity index (χ3v) is 3.43. The zero-order valence-electron chi connectivity index (χ0n) is 14.2. The SMILES string of the molecule is Cc1cccc(C(=O)OC(=O)c2cccc(C)c2OC(=O)O)c1OC(=O)O. The monoisotopic (exact) mass is 374 g/mol. The van der Waals surface area contributed by atoms with Crippen LogP contribution in [0.2, 0.25) is 0 Å². The van der Waals surface area contributed by atoms with Crippen LogP contribution in [0, 0.1) is 13.8 Å². The molecule has 0 heterocycles. The standard InChI is InChI=1S/C18H14O9/c1-9-5-3-7-11(13(9)25-17(21)22)15(19)27-16(20)12-8-4-6-10(2)14(12)26-18(23)24/h3-8H,1-2H3,(H,21,22)(H,23,24). The number of carbonyl (C=O) groups excluding carboxylic acids is 2. The summed E-state index contributed by atoms with van der Waals surface area (Å²) in [5.74, 6) is -2.87. The third kappa shape index (κ3) is 4.60. The summed E-state index contributed by atoms with van der Waals surface area (Å²) in [5.41, 5.74) is 0.118. The van der Waals surface area contributed by atoms with Crippen LogP contribution in [-0.4, -0.2) is 34.5 Å². The number of hydrogen-bond acceptors (Lipinski definition) is 7. The molecule has 0 atom stereocenters. The first-order valence-electron chi connectivity index (χ1n) is 7.48. The minimum Gasteiger partial charge on any atom is -0.449 e. The van der Waals surface area contributed by atoms with Gasteiger partial charge in [-0.05, 0) is 37.1 Å². The summed E-state index contributed by atoms with van der Waals surface area (Å²) in [4.78, 5) is 46.3. The number of ether oxygens (including phenoxy) is 3. The fraction of sp³-hybridized carbons (Fsp3) is 0.111. The van der Waals surface area contributed by atoms with Crippen molar-refractivity contribution in [2.24, 2.45) is 0 Å². The Morgan fingerprint density at radius 3 is 1.41 bits per heavy atom. The van der Waals surface area contributed by atoms with E-state index in [0.29, 0.717) is 11.1 Å². The van der Waals surface area contributed by atoms with Gasteiger partial charge in [0.2, 0.25) is 0 Å². The lowest BCUT2D eigenvalue weighted by atomic mass is 10.1. The summed E-state index contributed by atoms with van der Waals surface area (Å²) in [6.07, 6.45) is -3.28. The molecule has 2 aromatic carbocycles. The van der Waals surface area contributed by atoms with Crippen LogP contribution in [0.1, 0.15) is 31.8 Å². The minimum atomic E-state index is -1.64. The topological polar surface area (TPSA) is 136 Å². The summed E-state index contributed by atoms with van der Waals surface area (Å²) < 4.78 is 13.9. The first-order chi connectivity index (χ1) is 12.7. The predicted octanol–water partition coefficient (Wildman–Crippen LogP) is 3.41. The van der Waals surface area contributed by atoms with Gasteiger partial charge in [-0.25, -0.2) is 19.2 Å². The number of carbonyl (C=O) groups is 4. The van der Waals surface area contributed by atoms with Crippen molar-refractivity contribution in [2.45, 2.75) is 13.8 Å². The van der Waals surface area contributed by atoms with E-state index in [1.54, 1.807) is 0 Å². The average Bonchev–Trinajstić information content (AvgIpc) is 2.57. The Labute approximate surface area is 152 Å². The Morgan fingerprint density at radius 1 is 0.704 bits per heavy atom. The molecule has 0 saturated heterocycles.